The summed E-state index contributed by atoms with van der Waals surface area (Å²) in [6, 6.07) is 13.2. The van der Waals surface area contributed by atoms with Gasteiger partial charge in [-0.05, 0) is 49.4 Å². The summed E-state index contributed by atoms with van der Waals surface area (Å²) in [5, 5.41) is 3.26. The minimum Gasteiger partial charge on any atom is -0.313 e. The SMILES string of the molecule is CNC(C)c1cccc(SCc2ccncc2)c1. The molecule has 0 saturated carbocycles. The van der Waals surface area contributed by atoms with E-state index in [1.165, 1.54) is 16.0 Å². The number of hydrogen-bond acceptors (Lipinski definition) is 3. The molecule has 0 aliphatic rings. The molecule has 0 aliphatic carbocycles. The van der Waals surface area contributed by atoms with E-state index in [4.69, 9.17) is 0 Å². The van der Waals surface area contributed by atoms with Gasteiger partial charge in [-0.25, -0.2) is 0 Å². The van der Waals surface area contributed by atoms with E-state index in [1.807, 2.05) is 31.2 Å². The molecule has 0 fully saturated rings. The summed E-state index contributed by atoms with van der Waals surface area (Å²) in [6.45, 7) is 2.17. The van der Waals surface area contributed by atoms with Gasteiger partial charge in [-0.1, -0.05) is 12.1 Å². The van der Waals surface area contributed by atoms with Crippen LogP contribution in [0.2, 0.25) is 0 Å². The van der Waals surface area contributed by atoms with Crippen molar-refractivity contribution in [3.8, 4) is 0 Å². The highest BCUT2D eigenvalue weighted by atomic mass is 32.2. The lowest BCUT2D eigenvalue weighted by atomic mass is 10.1. The van der Waals surface area contributed by atoms with Crippen LogP contribution < -0.4 is 5.32 Å². The van der Waals surface area contributed by atoms with Crippen LogP contribution in [0, 0.1) is 0 Å². The lowest BCUT2D eigenvalue weighted by Gasteiger charge is -2.11. The van der Waals surface area contributed by atoms with E-state index in [1.54, 1.807) is 0 Å². The Morgan fingerprint density at radius 2 is 2.00 bits per heavy atom. The van der Waals surface area contributed by atoms with E-state index in [9.17, 15) is 0 Å². The van der Waals surface area contributed by atoms with Crippen LogP contribution in [0.1, 0.15) is 24.1 Å². The molecule has 2 rings (SSSR count). The predicted octanol–water partition coefficient (Wildman–Crippen LogP) is 3.65. The lowest BCUT2D eigenvalue weighted by molar-refractivity contribution is 0.651. The van der Waals surface area contributed by atoms with Crippen LogP contribution in [0.3, 0.4) is 0 Å². The van der Waals surface area contributed by atoms with Crippen molar-refractivity contribution in [1.82, 2.24) is 10.3 Å². The summed E-state index contributed by atoms with van der Waals surface area (Å²) in [4.78, 5) is 5.34. The van der Waals surface area contributed by atoms with Crippen molar-refractivity contribution < 1.29 is 0 Å². The Morgan fingerprint density at radius 3 is 2.72 bits per heavy atom. The molecule has 18 heavy (non-hydrogen) atoms. The molecular weight excluding hydrogens is 240 g/mol. The van der Waals surface area contributed by atoms with Crippen LogP contribution in [-0.2, 0) is 5.75 Å². The first-order chi connectivity index (χ1) is 8.79. The number of pyridine rings is 1. The van der Waals surface area contributed by atoms with E-state index >= 15 is 0 Å². The van der Waals surface area contributed by atoms with Gasteiger partial charge in [0.15, 0.2) is 0 Å². The molecule has 0 radical (unpaired) electrons. The molecule has 94 valence electrons. The number of rotatable bonds is 5. The third kappa shape index (κ3) is 3.59. The van der Waals surface area contributed by atoms with Gasteiger partial charge in [0, 0.05) is 29.1 Å². The second-order valence-corrected chi connectivity index (χ2v) is 5.28. The van der Waals surface area contributed by atoms with Gasteiger partial charge >= 0.3 is 0 Å². The summed E-state index contributed by atoms with van der Waals surface area (Å²) < 4.78 is 0. The molecule has 3 heteroatoms. The molecule has 0 amide bonds. The van der Waals surface area contributed by atoms with Gasteiger partial charge in [-0.3, -0.25) is 4.98 Å². The van der Waals surface area contributed by atoms with Gasteiger partial charge in [0.25, 0.3) is 0 Å². The first-order valence-corrected chi connectivity index (χ1v) is 7.07. The molecule has 2 nitrogen and oxygen atoms in total. The zero-order valence-corrected chi connectivity index (χ0v) is 11.6. The molecule has 0 bridgehead atoms. The minimum absolute atomic E-state index is 0.395. The quantitative estimate of drug-likeness (QED) is 0.829. The van der Waals surface area contributed by atoms with Gasteiger partial charge in [0.1, 0.15) is 0 Å². The standard InChI is InChI=1S/C15H18N2S/c1-12(16-2)14-4-3-5-15(10-14)18-11-13-6-8-17-9-7-13/h3-10,12,16H,11H2,1-2H3. The van der Waals surface area contributed by atoms with Crippen LogP contribution in [0.25, 0.3) is 0 Å². The van der Waals surface area contributed by atoms with Crippen LogP contribution in [-0.4, -0.2) is 12.0 Å². The highest BCUT2D eigenvalue weighted by Gasteiger charge is 2.03. The zero-order valence-electron chi connectivity index (χ0n) is 10.8. The normalized spacial score (nSPS) is 12.3. The number of nitrogens with one attached hydrogen (secondary N) is 1. The van der Waals surface area contributed by atoms with E-state index in [-0.39, 0.29) is 0 Å². The molecule has 1 N–H and O–H groups in total. The van der Waals surface area contributed by atoms with Crippen molar-refractivity contribution >= 4 is 11.8 Å². The molecular formula is C15H18N2S. The monoisotopic (exact) mass is 258 g/mol. The Morgan fingerprint density at radius 1 is 1.22 bits per heavy atom. The van der Waals surface area contributed by atoms with E-state index < -0.39 is 0 Å². The summed E-state index contributed by atoms with van der Waals surface area (Å²) in [7, 11) is 1.99. The largest absolute Gasteiger partial charge is 0.313 e. The van der Waals surface area contributed by atoms with Gasteiger partial charge in [0.05, 0.1) is 0 Å². The Bertz CT molecular complexity index is 485. The van der Waals surface area contributed by atoms with E-state index in [2.05, 4.69) is 53.6 Å². The van der Waals surface area contributed by atoms with Gasteiger partial charge in [-0.15, -0.1) is 11.8 Å². The minimum atomic E-state index is 0.395. The van der Waals surface area contributed by atoms with Gasteiger partial charge in [-0.2, -0.15) is 0 Å². The Kier molecular flexibility index (Phi) is 4.79. The third-order valence-corrected chi connectivity index (χ3v) is 4.01. The highest BCUT2D eigenvalue weighted by Crippen LogP contribution is 2.25. The third-order valence-electron chi connectivity index (χ3n) is 2.95. The maximum atomic E-state index is 4.03. The summed E-state index contributed by atoms with van der Waals surface area (Å²) in [5.74, 6) is 0.986. The summed E-state index contributed by atoms with van der Waals surface area (Å²) in [6.07, 6.45) is 3.69. The van der Waals surface area contributed by atoms with Crippen molar-refractivity contribution in [2.75, 3.05) is 7.05 Å². The number of aromatic nitrogens is 1. The van der Waals surface area contributed by atoms with Crippen LogP contribution in [0.15, 0.2) is 53.7 Å². The first-order valence-electron chi connectivity index (χ1n) is 6.08. The molecule has 0 aliphatic heterocycles. The van der Waals surface area contributed by atoms with E-state index in [0.717, 1.165) is 5.75 Å². The maximum absolute atomic E-state index is 4.03. The van der Waals surface area contributed by atoms with Crippen LogP contribution in [0.5, 0.6) is 0 Å². The van der Waals surface area contributed by atoms with Crippen molar-refractivity contribution in [2.45, 2.75) is 23.6 Å². The van der Waals surface area contributed by atoms with Crippen molar-refractivity contribution in [3.63, 3.8) is 0 Å². The molecule has 1 heterocycles. The van der Waals surface area contributed by atoms with Crippen molar-refractivity contribution in [3.05, 3.63) is 59.9 Å². The molecule has 0 saturated heterocycles. The molecule has 1 aromatic carbocycles. The number of hydrogen-bond donors (Lipinski definition) is 1. The second-order valence-electron chi connectivity index (χ2n) is 4.23. The smallest absolute Gasteiger partial charge is 0.0289 e. The van der Waals surface area contributed by atoms with Crippen LogP contribution in [0.4, 0.5) is 0 Å². The summed E-state index contributed by atoms with van der Waals surface area (Å²) in [5.41, 5.74) is 2.64. The topological polar surface area (TPSA) is 24.9 Å². The number of thioether (sulfide) groups is 1. The first kappa shape index (κ1) is 13.1. The fraction of sp³-hybridized carbons (Fsp3) is 0.267. The average Bonchev–Trinajstić information content (AvgIpc) is 2.45. The number of benzene rings is 1. The Labute approximate surface area is 113 Å². The average molecular weight is 258 g/mol. The molecule has 0 spiro atoms. The number of nitrogens with zero attached hydrogens (tertiary/aromatic N) is 1. The summed E-state index contributed by atoms with van der Waals surface area (Å²) >= 11 is 1.86. The maximum Gasteiger partial charge on any atom is 0.0289 e. The Hall–Kier alpha value is -1.32. The van der Waals surface area contributed by atoms with Gasteiger partial charge < -0.3 is 5.32 Å². The zero-order chi connectivity index (χ0) is 12.8. The van der Waals surface area contributed by atoms with Gasteiger partial charge in [0.2, 0.25) is 0 Å². The molecule has 2 aromatic rings. The second kappa shape index (κ2) is 6.57. The van der Waals surface area contributed by atoms with Crippen molar-refractivity contribution in [1.29, 1.82) is 0 Å². The van der Waals surface area contributed by atoms with Crippen LogP contribution >= 0.6 is 11.8 Å². The fourth-order valence-electron chi connectivity index (χ4n) is 1.69. The lowest BCUT2D eigenvalue weighted by Crippen LogP contribution is -2.11. The molecule has 1 unspecified atom stereocenters. The van der Waals surface area contributed by atoms with E-state index in [0.29, 0.717) is 6.04 Å². The molecule has 1 atom stereocenters. The predicted molar refractivity (Wildman–Crippen MR) is 77.7 cm³/mol. The molecule has 1 aromatic heterocycles. The Balaban J connectivity index is 2.01. The highest BCUT2D eigenvalue weighted by molar-refractivity contribution is 7.98. The fourth-order valence-corrected chi connectivity index (χ4v) is 2.61. The van der Waals surface area contributed by atoms with Crippen molar-refractivity contribution in [2.24, 2.45) is 0 Å².